The smallest absolute Gasteiger partial charge is 0.0623 e. The Bertz CT molecular complexity index is 163. The molecular weight excluding hydrogens is 208 g/mol. The number of hydrogen-bond acceptors (Lipinski definition) is 4. The molecule has 3 nitrogen and oxygen atoms in total. The number of hydrazine groups is 1. The predicted octanol–water partition coefficient (Wildman–Crippen LogP) is 2.17. The van der Waals surface area contributed by atoms with Crippen LogP contribution in [0, 0.1) is 0 Å². The lowest BCUT2D eigenvalue weighted by molar-refractivity contribution is 0.0122. The third-order valence-electron chi connectivity index (χ3n) is 2.51. The monoisotopic (exact) mass is 234 g/mol. The van der Waals surface area contributed by atoms with Crippen molar-refractivity contribution in [1.29, 1.82) is 0 Å². The fourth-order valence-corrected chi connectivity index (χ4v) is 2.03. The average Bonchev–Trinajstić information content (AvgIpc) is 2.18. The van der Waals surface area contributed by atoms with E-state index in [0.717, 1.165) is 18.6 Å². The first-order valence-electron chi connectivity index (χ1n) is 5.54. The molecule has 0 radical (unpaired) electrons. The van der Waals surface area contributed by atoms with Gasteiger partial charge in [-0.3, -0.25) is 11.3 Å². The first-order chi connectivity index (χ1) is 6.91. The molecule has 0 bridgehead atoms. The zero-order chi connectivity index (χ0) is 11.9. The summed E-state index contributed by atoms with van der Waals surface area (Å²) in [6.07, 6.45) is 2.08. The summed E-state index contributed by atoms with van der Waals surface area (Å²) >= 11 is 1.94. The average molecular weight is 234 g/mol. The number of rotatable bonds is 8. The second-order valence-electron chi connectivity index (χ2n) is 4.75. The summed E-state index contributed by atoms with van der Waals surface area (Å²) in [6, 6.07) is 0.381. The second-order valence-corrected chi connectivity index (χ2v) is 6.36. The van der Waals surface area contributed by atoms with Crippen molar-refractivity contribution in [3.8, 4) is 0 Å². The Hall–Kier alpha value is 0.230. The highest BCUT2D eigenvalue weighted by molar-refractivity contribution is 7.99. The quantitative estimate of drug-likeness (QED) is 0.499. The van der Waals surface area contributed by atoms with Crippen LogP contribution >= 0.6 is 11.8 Å². The van der Waals surface area contributed by atoms with Crippen LogP contribution in [-0.4, -0.2) is 29.8 Å². The molecule has 0 aromatic carbocycles. The fourth-order valence-electron chi connectivity index (χ4n) is 1.15. The van der Waals surface area contributed by atoms with E-state index in [1.807, 2.05) is 11.8 Å². The summed E-state index contributed by atoms with van der Waals surface area (Å²) < 4.78 is 5.38. The van der Waals surface area contributed by atoms with E-state index in [2.05, 4.69) is 33.1 Å². The molecular formula is C11H26N2OS. The summed E-state index contributed by atoms with van der Waals surface area (Å²) in [4.78, 5) is 0. The second kappa shape index (κ2) is 7.49. The van der Waals surface area contributed by atoms with Crippen LogP contribution in [0.4, 0.5) is 0 Å². The standard InChI is InChI=1S/C11H26N2OS/c1-9(2)15-8-10(13-12)6-7-11(3,4)14-5/h9-10,13H,6-8,12H2,1-5H3. The Morgan fingerprint density at radius 3 is 2.40 bits per heavy atom. The summed E-state index contributed by atoms with van der Waals surface area (Å²) in [5.41, 5.74) is 2.83. The van der Waals surface area contributed by atoms with Crippen LogP contribution in [0.2, 0.25) is 0 Å². The van der Waals surface area contributed by atoms with E-state index in [-0.39, 0.29) is 5.60 Å². The van der Waals surface area contributed by atoms with E-state index in [4.69, 9.17) is 10.6 Å². The highest BCUT2D eigenvalue weighted by Gasteiger charge is 2.18. The number of methoxy groups -OCH3 is 1. The van der Waals surface area contributed by atoms with Crippen molar-refractivity contribution in [2.45, 2.75) is 57.4 Å². The summed E-state index contributed by atoms with van der Waals surface area (Å²) in [5.74, 6) is 6.59. The molecule has 0 spiro atoms. The zero-order valence-corrected chi connectivity index (χ0v) is 11.5. The molecule has 15 heavy (non-hydrogen) atoms. The number of thioether (sulfide) groups is 1. The van der Waals surface area contributed by atoms with E-state index in [0.29, 0.717) is 11.3 Å². The van der Waals surface area contributed by atoms with Gasteiger partial charge in [0.2, 0.25) is 0 Å². The SMILES string of the molecule is COC(C)(C)CCC(CSC(C)C)NN. The van der Waals surface area contributed by atoms with E-state index < -0.39 is 0 Å². The zero-order valence-electron chi connectivity index (χ0n) is 10.7. The molecule has 3 N–H and O–H groups in total. The van der Waals surface area contributed by atoms with Gasteiger partial charge in [-0.15, -0.1) is 0 Å². The van der Waals surface area contributed by atoms with Gasteiger partial charge in [0.25, 0.3) is 0 Å². The van der Waals surface area contributed by atoms with Crippen molar-refractivity contribution in [2.24, 2.45) is 5.84 Å². The van der Waals surface area contributed by atoms with E-state index in [1.165, 1.54) is 0 Å². The molecule has 0 amide bonds. The Morgan fingerprint density at radius 2 is 2.00 bits per heavy atom. The summed E-state index contributed by atoms with van der Waals surface area (Å²) in [6.45, 7) is 8.63. The van der Waals surface area contributed by atoms with Crippen LogP contribution in [0.25, 0.3) is 0 Å². The maximum Gasteiger partial charge on any atom is 0.0623 e. The van der Waals surface area contributed by atoms with Gasteiger partial charge in [-0.25, -0.2) is 0 Å². The molecule has 1 atom stereocenters. The third-order valence-corrected chi connectivity index (χ3v) is 3.78. The first-order valence-corrected chi connectivity index (χ1v) is 6.59. The van der Waals surface area contributed by atoms with Gasteiger partial charge in [-0.2, -0.15) is 11.8 Å². The molecule has 0 aliphatic carbocycles. The van der Waals surface area contributed by atoms with Crippen molar-refractivity contribution in [2.75, 3.05) is 12.9 Å². The van der Waals surface area contributed by atoms with Crippen LogP contribution in [0.15, 0.2) is 0 Å². The predicted molar refractivity (Wildman–Crippen MR) is 69.0 cm³/mol. The van der Waals surface area contributed by atoms with E-state index >= 15 is 0 Å². The molecule has 0 aromatic heterocycles. The molecule has 0 aromatic rings. The Labute approximate surface area is 98.5 Å². The Morgan fingerprint density at radius 1 is 1.40 bits per heavy atom. The topological polar surface area (TPSA) is 47.3 Å². The van der Waals surface area contributed by atoms with Crippen molar-refractivity contribution in [3.05, 3.63) is 0 Å². The summed E-state index contributed by atoms with van der Waals surface area (Å²) in [7, 11) is 1.76. The number of hydrogen-bond donors (Lipinski definition) is 2. The van der Waals surface area contributed by atoms with Gasteiger partial charge in [0.05, 0.1) is 5.60 Å². The summed E-state index contributed by atoms with van der Waals surface area (Å²) in [5, 5.41) is 0.663. The minimum atomic E-state index is -0.0441. The highest BCUT2D eigenvalue weighted by Crippen LogP contribution is 2.19. The highest BCUT2D eigenvalue weighted by atomic mass is 32.2. The molecule has 0 heterocycles. The van der Waals surface area contributed by atoms with Crippen LogP contribution < -0.4 is 11.3 Å². The van der Waals surface area contributed by atoms with Crippen molar-refractivity contribution in [3.63, 3.8) is 0 Å². The normalized spacial score (nSPS) is 14.6. The van der Waals surface area contributed by atoms with Crippen molar-refractivity contribution < 1.29 is 4.74 Å². The van der Waals surface area contributed by atoms with Gasteiger partial charge in [-0.1, -0.05) is 13.8 Å². The fraction of sp³-hybridized carbons (Fsp3) is 1.00. The lowest BCUT2D eigenvalue weighted by Crippen LogP contribution is -2.39. The molecule has 0 aliphatic rings. The molecule has 1 unspecified atom stereocenters. The molecule has 0 aliphatic heterocycles. The lowest BCUT2D eigenvalue weighted by Gasteiger charge is -2.25. The third kappa shape index (κ3) is 8.08. The lowest BCUT2D eigenvalue weighted by atomic mass is 10.00. The number of nitrogens with one attached hydrogen (secondary N) is 1. The van der Waals surface area contributed by atoms with Gasteiger partial charge in [-0.05, 0) is 31.9 Å². The van der Waals surface area contributed by atoms with Crippen LogP contribution in [0.1, 0.15) is 40.5 Å². The largest absolute Gasteiger partial charge is 0.379 e. The van der Waals surface area contributed by atoms with Crippen molar-refractivity contribution in [1.82, 2.24) is 5.43 Å². The molecule has 92 valence electrons. The number of ether oxygens (including phenoxy) is 1. The minimum absolute atomic E-state index is 0.0441. The van der Waals surface area contributed by atoms with Gasteiger partial charge >= 0.3 is 0 Å². The van der Waals surface area contributed by atoms with Gasteiger partial charge in [0.15, 0.2) is 0 Å². The van der Waals surface area contributed by atoms with Gasteiger partial charge in [0, 0.05) is 18.9 Å². The van der Waals surface area contributed by atoms with E-state index in [9.17, 15) is 0 Å². The minimum Gasteiger partial charge on any atom is -0.379 e. The molecule has 0 fully saturated rings. The van der Waals surface area contributed by atoms with Crippen LogP contribution in [0.5, 0.6) is 0 Å². The molecule has 0 saturated heterocycles. The number of nitrogens with two attached hydrogens (primary N) is 1. The Kier molecular flexibility index (Phi) is 7.61. The van der Waals surface area contributed by atoms with Gasteiger partial charge in [0.1, 0.15) is 0 Å². The van der Waals surface area contributed by atoms with Crippen molar-refractivity contribution >= 4 is 11.8 Å². The van der Waals surface area contributed by atoms with Crippen LogP contribution in [0.3, 0.4) is 0 Å². The molecule has 4 heteroatoms. The van der Waals surface area contributed by atoms with Crippen LogP contribution in [-0.2, 0) is 4.74 Å². The van der Waals surface area contributed by atoms with Gasteiger partial charge < -0.3 is 4.74 Å². The maximum absolute atomic E-state index is 5.53. The Balaban J connectivity index is 3.79. The van der Waals surface area contributed by atoms with E-state index in [1.54, 1.807) is 7.11 Å². The first kappa shape index (κ1) is 15.2. The maximum atomic E-state index is 5.53. The molecule has 0 rings (SSSR count). The molecule has 0 saturated carbocycles.